The lowest BCUT2D eigenvalue weighted by Crippen LogP contribution is -2.24. The van der Waals surface area contributed by atoms with Gasteiger partial charge in [-0.15, -0.1) is 11.3 Å². The lowest BCUT2D eigenvalue weighted by molar-refractivity contribution is -0.121. The van der Waals surface area contributed by atoms with E-state index in [1.54, 1.807) is 23.7 Å². The monoisotopic (exact) mass is 275 g/mol. The second-order valence-electron chi connectivity index (χ2n) is 4.76. The summed E-state index contributed by atoms with van der Waals surface area (Å²) in [6, 6.07) is 3.87. The minimum absolute atomic E-state index is 0.0749. The van der Waals surface area contributed by atoms with Crippen molar-refractivity contribution in [3.05, 3.63) is 35.6 Å². The van der Waals surface area contributed by atoms with Gasteiger partial charge in [0, 0.05) is 29.8 Å². The zero-order chi connectivity index (χ0) is 13.7. The highest BCUT2D eigenvalue weighted by Gasteiger charge is 2.07. The number of nitrogens with one attached hydrogen (secondary N) is 1. The van der Waals surface area contributed by atoms with E-state index in [9.17, 15) is 4.79 Å². The zero-order valence-corrected chi connectivity index (χ0v) is 11.9. The van der Waals surface area contributed by atoms with Crippen LogP contribution in [0.2, 0.25) is 0 Å². The first-order valence-electron chi connectivity index (χ1n) is 6.26. The van der Waals surface area contributed by atoms with Gasteiger partial charge in [0.05, 0.1) is 12.2 Å². The molecule has 2 rings (SSSR count). The Balaban J connectivity index is 1.93. The average molecular weight is 275 g/mol. The van der Waals surface area contributed by atoms with Crippen LogP contribution in [-0.2, 0) is 11.3 Å². The summed E-state index contributed by atoms with van der Waals surface area (Å²) >= 11 is 1.57. The molecule has 100 valence electrons. The van der Waals surface area contributed by atoms with Crippen molar-refractivity contribution in [1.82, 2.24) is 15.3 Å². The number of nitrogens with zero attached hydrogens (tertiary/aromatic N) is 2. The molecule has 0 aliphatic carbocycles. The van der Waals surface area contributed by atoms with Gasteiger partial charge in [0.2, 0.25) is 5.91 Å². The lowest BCUT2D eigenvalue weighted by atomic mass is 10.1. The van der Waals surface area contributed by atoms with E-state index in [0.29, 0.717) is 18.9 Å². The van der Waals surface area contributed by atoms with Crippen LogP contribution in [0.15, 0.2) is 29.9 Å². The molecule has 0 atom stereocenters. The maximum Gasteiger partial charge on any atom is 0.220 e. The molecule has 2 aromatic heterocycles. The van der Waals surface area contributed by atoms with Crippen LogP contribution in [0, 0.1) is 5.92 Å². The molecule has 0 saturated carbocycles. The van der Waals surface area contributed by atoms with Crippen molar-refractivity contribution < 1.29 is 4.79 Å². The smallest absolute Gasteiger partial charge is 0.220 e. The molecule has 1 amide bonds. The fraction of sp³-hybridized carbons (Fsp3) is 0.357. The molecule has 0 fully saturated rings. The molecular formula is C14H17N3OS. The fourth-order valence-electron chi connectivity index (χ4n) is 1.64. The Kier molecular flexibility index (Phi) is 4.63. The van der Waals surface area contributed by atoms with Crippen molar-refractivity contribution in [2.45, 2.75) is 26.8 Å². The first-order valence-corrected chi connectivity index (χ1v) is 7.14. The standard InChI is InChI=1S/C14H17N3OS/c1-10(2)6-13(18)16-8-12-9-19-14(17-12)11-4-3-5-15-7-11/h3-5,7,9-10H,6,8H2,1-2H3,(H,16,18). The van der Waals surface area contributed by atoms with Crippen molar-refractivity contribution in [3.63, 3.8) is 0 Å². The van der Waals surface area contributed by atoms with Gasteiger partial charge in [0.1, 0.15) is 5.01 Å². The van der Waals surface area contributed by atoms with Crippen LogP contribution >= 0.6 is 11.3 Å². The molecule has 0 unspecified atom stereocenters. The second-order valence-corrected chi connectivity index (χ2v) is 5.62. The molecule has 19 heavy (non-hydrogen) atoms. The lowest BCUT2D eigenvalue weighted by Gasteiger charge is -2.05. The predicted molar refractivity (Wildman–Crippen MR) is 76.6 cm³/mol. The molecule has 0 saturated heterocycles. The molecule has 2 aromatic rings. The molecule has 0 bridgehead atoms. The van der Waals surface area contributed by atoms with Crippen molar-refractivity contribution in [1.29, 1.82) is 0 Å². The van der Waals surface area contributed by atoms with Crippen LogP contribution < -0.4 is 5.32 Å². The van der Waals surface area contributed by atoms with Crippen LogP contribution in [-0.4, -0.2) is 15.9 Å². The summed E-state index contributed by atoms with van der Waals surface area (Å²) in [6.45, 7) is 4.55. The predicted octanol–water partition coefficient (Wildman–Crippen LogP) is 2.87. The van der Waals surface area contributed by atoms with Crippen LogP contribution in [0.25, 0.3) is 10.6 Å². The Labute approximate surface area is 116 Å². The SMILES string of the molecule is CC(C)CC(=O)NCc1csc(-c2cccnc2)n1. The molecule has 2 heterocycles. The number of rotatable bonds is 5. The van der Waals surface area contributed by atoms with E-state index in [1.807, 2.05) is 31.4 Å². The highest BCUT2D eigenvalue weighted by molar-refractivity contribution is 7.13. The number of amides is 1. The molecule has 5 heteroatoms. The van der Waals surface area contributed by atoms with Gasteiger partial charge in [-0.1, -0.05) is 13.8 Å². The van der Waals surface area contributed by atoms with E-state index in [-0.39, 0.29) is 5.91 Å². The third-order valence-corrected chi connectivity index (χ3v) is 3.46. The number of carbonyl (C=O) groups is 1. The van der Waals surface area contributed by atoms with Crippen LogP contribution in [0.3, 0.4) is 0 Å². The summed E-state index contributed by atoms with van der Waals surface area (Å²) in [4.78, 5) is 20.1. The Morgan fingerprint density at radius 3 is 3.00 bits per heavy atom. The van der Waals surface area contributed by atoms with Crippen LogP contribution in [0.5, 0.6) is 0 Å². The van der Waals surface area contributed by atoms with Crippen LogP contribution in [0.4, 0.5) is 0 Å². The van der Waals surface area contributed by atoms with Crippen molar-refractivity contribution in [2.75, 3.05) is 0 Å². The summed E-state index contributed by atoms with van der Waals surface area (Å²) in [7, 11) is 0. The van der Waals surface area contributed by atoms with E-state index in [0.717, 1.165) is 16.3 Å². The number of pyridine rings is 1. The van der Waals surface area contributed by atoms with Crippen molar-refractivity contribution >= 4 is 17.2 Å². The molecule has 0 aliphatic rings. The van der Waals surface area contributed by atoms with E-state index >= 15 is 0 Å². The third kappa shape index (κ3) is 4.13. The second kappa shape index (κ2) is 6.43. The Bertz CT molecular complexity index is 537. The fourth-order valence-corrected chi connectivity index (χ4v) is 2.45. The summed E-state index contributed by atoms with van der Waals surface area (Å²) in [6.07, 6.45) is 4.09. The maximum atomic E-state index is 11.6. The molecular weight excluding hydrogens is 258 g/mol. The molecule has 4 nitrogen and oxygen atoms in total. The van der Waals surface area contributed by atoms with Gasteiger partial charge >= 0.3 is 0 Å². The number of thiazole rings is 1. The average Bonchev–Trinajstić information content (AvgIpc) is 2.85. The van der Waals surface area contributed by atoms with E-state index < -0.39 is 0 Å². The highest BCUT2D eigenvalue weighted by atomic mass is 32.1. The van der Waals surface area contributed by atoms with Crippen molar-refractivity contribution in [2.24, 2.45) is 5.92 Å². The normalized spacial score (nSPS) is 10.7. The topological polar surface area (TPSA) is 54.9 Å². The van der Waals surface area contributed by atoms with Gasteiger partial charge in [-0.3, -0.25) is 9.78 Å². The molecule has 0 radical (unpaired) electrons. The number of hydrogen-bond donors (Lipinski definition) is 1. The largest absolute Gasteiger partial charge is 0.350 e. The highest BCUT2D eigenvalue weighted by Crippen LogP contribution is 2.22. The minimum atomic E-state index is 0.0749. The van der Waals surface area contributed by atoms with Gasteiger partial charge in [0.15, 0.2) is 0 Å². The van der Waals surface area contributed by atoms with Gasteiger partial charge < -0.3 is 5.32 Å². The quantitative estimate of drug-likeness (QED) is 0.913. The van der Waals surface area contributed by atoms with Crippen LogP contribution in [0.1, 0.15) is 26.0 Å². The molecule has 0 spiro atoms. The first-order chi connectivity index (χ1) is 9.15. The number of carbonyl (C=O) groups excluding carboxylic acids is 1. The van der Waals surface area contributed by atoms with Crippen molar-refractivity contribution in [3.8, 4) is 10.6 Å². The van der Waals surface area contributed by atoms with Gasteiger partial charge in [-0.2, -0.15) is 0 Å². The summed E-state index contributed by atoms with van der Waals surface area (Å²) < 4.78 is 0. The maximum absolute atomic E-state index is 11.6. The van der Waals surface area contributed by atoms with E-state index in [1.165, 1.54) is 0 Å². The molecule has 0 aromatic carbocycles. The van der Waals surface area contributed by atoms with E-state index in [2.05, 4.69) is 15.3 Å². The summed E-state index contributed by atoms with van der Waals surface area (Å²) in [5, 5.41) is 5.79. The summed E-state index contributed by atoms with van der Waals surface area (Å²) in [5.41, 5.74) is 1.90. The Hall–Kier alpha value is -1.75. The summed E-state index contributed by atoms with van der Waals surface area (Å²) in [5.74, 6) is 0.451. The number of aromatic nitrogens is 2. The molecule has 1 N–H and O–H groups in total. The minimum Gasteiger partial charge on any atom is -0.350 e. The first kappa shape index (κ1) is 13.7. The van der Waals surface area contributed by atoms with Gasteiger partial charge in [0.25, 0.3) is 0 Å². The molecule has 0 aliphatic heterocycles. The zero-order valence-electron chi connectivity index (χ0n) is 11.1. The van der Waals surface area contributed by atoms with Gasteiger partial charge in [-0.25, -0.2) is 4.98 Å². The Morgan fingerprint density at radius 2 is 2.32 bits per heavy atom. The Morgan fingerprint density at radius 1 is 1.47 bits per heavy atom. The van der Waals surface area contributed by atoms with Gasteiger partial charge in [-0.05, 0) is 18.1 Å². The number of hydrogen-bond acceptors (Lipinski definition) is 4. The van der Waals surface area contributed by atoms with E-state index in [4.69, 9.17) is 0 Å². The third-order valence-electron chi connectivity index (χ3n) is 2.52.